The number of nitrogens with zero attached hydrogens (tertiary/aromatic N) is 2. The van der Waals surface area contributed by atoms with Crippen molar-refractivity contribution in [1.82, 2.24) is 9.97 Å². The van der Waals surface area contributed by atoms with Crippen LogP contribution in [0, 0.1) is 0 Å². The Morgan fingerprint density at radius 3 is 2.62 bits per heavy atom. The third kappa shape index (κ3) is 2.96. The van der Waals surface area contributed by atoms with Gasteiger partial charge in [0.05, 0.1) is 24.0 Å². The van der Waals surface area contributed by atoms with Crippen LogP contribution in [-0.2, 0) is 6.54 Å². The van der Waals surface area contributed by atoms with E-state index in [2.05, 4.69) is 15.3 Å². The molecule has 0 atom stereocenters. The van der Waals surface area contributed by atoms with Gasteiger partial charge in [-0.15, -0.1) is 0 Å². The highest BCUT2D eigenvalue weighted by molar-refractivity contribution is 6.31. The van der Waals surface area contributed by atoms with Crippen LogP contribution in [0.4, 0.5) is 5.95 Å². The Morgan fingerprint density at radius 1 is 0.958 bits per heavy atom. The van der Waals surface area contributed by atoms with Crippen molar-refractivity contribution in [3.8, 4) is 11.3 Å². The van der Waals surface area contributed by atoms with Gasteiger partial charge in [0.15, 0.2) is 0 Å². The summed E-state index contributed by atoms with van der Waals surface area (Å²) in [5.41, 5.74) is 2.72. The topological polar surface area (TPSA) is 51.0 Å². The van der Waals surface area contributed by atoms with Crippen LogP contribution in [0.25, 0.3) is 22.2 Å². The SMILES string of the molecule is Clc1ccc2nc(NCc3ccco3)nc(-c3ccccc3)c2c1. The van der Waals surface area contributed by atoms with Gasteiger partial charge in [0.2, 0.25) is 5.95 Å². The second kappa shape index (κ2) is 6.34. The first-order chi connectivity index (χ1) is 11.8. The Labute approximate surface area is 144 Å². The average Bonchev–Trinajstić information content (AvgIpc) is 3.14. The number of hydrogen-bond donors (Lipinski definition) is 1. The maximum atomic E-state index is 6.16. The van der Waals surface area contributed by atoms with Crippen LogP contribution in [0.3, 0.4) is 0 Å². The molecule has 0 aliphatic carbocycles. The van der Waals surface area contributed by atoms with Crippen LogP contribution >= 0.6 is 11.6 Å². The molecule has 4 nitrogen and oxygen atoms in total. The van der Waals surface area contributed by atoms with E-state index in [1.165, 1.54) is 0 Å². The minimum Gasteiger partial charge on any atom is -0.467 e. The molecular formula is C19H14ClN3O. The van der Waals surface area contributed by atoms with Crippen molar-refractivity contribution >= 4 is 28.5 Å². The molecule has 4 aromatic rings. The van der Waals surface area contributed by atoms with Crippen molar-refractivity contribution in [3.05, 3.63) is 77.7 Å². The number of benzene rings is 2. The van der Waals surface area contributed by atoms with Gasteiger partial charge in [-0.1, -0.05) is 41.9 Å². The molecule has 0 fully saturated rings. The molecule has 5 heteroatoms. The molecule has 0 aliphatic heterocycles. The van der Waals surface area contributed by atoms with E-state index in [0.717, 1.165) is 27.9 Å². The zero-order valence-electron chi connectivity index (χ0n) is 12.7. The molecule has 0 unspecified atom stereocenters. The van der Waals surface area contributed by atoms with Gasteiger partial charge in [-0.25, -0.2) is 9.97 Å². The third-order valence-corrected chi connectivity index (χ3v) is 3.94. The maximum absolute atomic E-state index is 6.16. The molecule has 0 amide bonds. The monoisotopic (exact) mass is 335 g/mol. The second-order valence-electron chi connectivity index (χ2n) is 5.36. The predicted molar refractivity (Wildman–Crippen MR) is 96.0 cm³/mol. The number of halogens is 1. The Balaban J connectivity index is 1.80. The standard InChI is InChI=1S/C19H14ClN3O/c20-14-8-9-17-16(11-14)18(13-5-2-1-3-6-13)23-19(22-17)21-12-15-7-4-10-24-15/h1-11H,12H2,(H,21,22,23). The number of rotatable bonds is 4. The normalized spacial score (nSPS) is 10.9. The molecule has 4 rings (SSSR count). The summed E-state index contributed by atoms with van der Waals surface area (Å²) in [5, 5.41) is 4.81. The van der Waals surface area contributed by atoms with Gasteiger partial charge in [0.1, 0.15) is 5.76 Å². The van der Waals surface area contributed by atoms with E-state index < -0.39 is 0 Å². The smallest absolute Gasteiger partial charge is 0.224 e. The van der Waals surface area contributed by atoms with Crippen molar-refractivity contribution in [3.63, 3.8) is 0 Å². The molecule has 118 valence electrons. The molecule has 0 radical (unpaired) electrons. The Bertz CT molecular complexity index is 969. The van der Waals surface area contributed by atoms with Crippen LogP contribution in [0.5, 0.6) is 0 Å². The summed E-state index contributed by atoms with van der Waals surface area (Å²) in [6, 6.07) is 19.4. The first-order valence-electron chi connectivity index (χ1n) is 7.58. The molecule has 2 heterocycles. The van der Waals surface area contributed by atoms with E-state index in [1.807, 2.05) is 60.7 Å². The molecule has 0 saturated carbocycles. The summed E-state index contributed by atoms with van der Waals surface area (Å²) in [4.78, 5) is 9.27. The number of anilines is 1. The molecule has 2 aromatic carbocycles. The summed E-state index contributed by atoms with van der Waals surface area (Å²) in [5.74, 6) is 1.39. The minimum atomic E-state index is 0.528. The zero-order valence-corrected chi connectivity index (χ0v) is 13.5. The van der Waals surface area contributed by atoms with Gasteiger partial charge in [-0.3, -0.25) is 0 Å². The number of furan rings is 1. The van der Waals surface area contributed by atoms with Crippen molar-refractivity contribution in [2.45, 2.75) is 6.54 Å². The minimum absolute atomic E-state index is 0.528. The average molecular weight is 336 g/mol. The number of hydrogen-bond acceptors (Lipinski definition) is 4. The fraction of sp³-hybridized carbons (Fsp3) is 0.0526. The van der Waals surface area contributed by atoms with Crippen LogP contribution in [0.15, 0.2) is 71.3 Å². The van der Waals surface area contributed by atoms with E-state index in [0.29, 0.717) is 17.5 Å². The Kier molecular flexibility index (Phi) is 3.89. The molecule has 24 heavy (non-hydrogen) atoms. The lowest BCUT2D eigenvalue weighted by Crippen LogP contribution is -2.04. The van der Waals surface area contributed by atoms with Crippen LogP contribution in [0.2, 0.25) is 5.02 Å². The molecule has 1 N–H and O–H groups in total. The number of aromatic nitrogens is 2. The highest BCUT2D eigenvalue weighted by atomic mass is 35.5. The largest absolute Gasteiger partial charge is 0.467 e. The summed E-state index contributed by atoms with van der Waals surface area (Å²) in [6.07, 6.45) is 1.65. The van der Waals surface area contributed by atoms with Gasteiger partial charge in [0.25, 0.3) is 0 Å². The van der Waals surface area contributed by atoms with E-state index in [4.69, 9.17) is 16.0 Å². The van der Waals surface area contributed by atoms with Crippen molar-refractivity contribution in [2.24, 2.45) is 0 Å². The van der Waals surface area contributed by atoms with Crippen LogP contribution in [-0.4, -0.2) is 9.97 Å². The van der Waals surface area contributed by atoms with Crippen molar-refractivity contribution in [2.75, 3.05) is 5.32 Å². The van der Waals surface area contributed by atoms with Crippen LogP contribution in [0.1, 0.15) is 5.76 Å². The van der Waals surface area contributed by atoms with Gasteiger partial charge in [0, 0.05) is 16.0 Å². The highest BCUT2D eigenvalue weighted by Gasteiger charge is 2.10. The van der Waals surface area contributed by atoms with Gasteiger partial charge in [-0.2, -0.15) is 0 Å². The first-order valence-corrected chi connectivity index (χ1v) is 7.96. The predicted octanol–water partition coefficient (Wildman–Crippen LogP) is 5.16. The van der Waals surface area contributed by atoms with Crippen molar-refractivity contribution < 1.29 is 4.42 Å². The number of fused-ring (bicyclic) bond motifs is 1. The molecular weight excluding hydrogens is 322 g/mol. The molecule has 0 aliphatic rings. The summed E-state index contributed by atoms with van der Waals surface area (Å²) in [7, 11) is 0. The Morgan fingerprint density at radius 2 is 1.83 bits per heavy atom. The van der Waals surface area contributed by atoms with Crippen LogP contribution < -0.4 is 5.32 Å². The molecule has 2 aromatic heterocycles. The maximum Gasteiger partial charge on any atom is 0.224 e. The lowest BCUT2D eigenvalue weighted by molar-refractivity contribution is 0.517. The molecule has 0 spiro atoms. The van der Waals surface area contributed by atoms with E-state index in [9.17, 15) is 0 Å². The van der Waals surface area contributed by atoms with E-state index >= 15 is 0 Å². The van der Waals surface area contributed by atoms with Gasteiger partial charge in [-0.05, 0) is 30.3 Å². The fourth-order valence-corrected chi connectivity index (χ4v) is 2.75. The van der Waals surface area contributed by atoms with E-state index in [-0.39, 0.29) is 0 Å². The van der Waals surface area contributed by atoms with Crippen molar-refractivity contribution in [1.29, 1.82) is 0 Å². The second-order valence-corrected chi connectivity index (χ2v) is 5.79. The zero-order chi connectivity index (χ0) is 16.4. The molecule has 0 saturated heterocycles. The van der Waals surface area contributed by atoms with Gasteiger partial charge < -0.3 is 9.73 Å². The lowest BCUT2D eigenvalue weighted by atomic mass is 10.1. The summed E-state index contributed by atoms with van der Waals surface area (Å²) >= 11 is 6.16. The third-order valence-electron chi connectivity index (χ3n) is 3.71. The van der Waals surface area contributed by atoms with E-state index in [1.54, 1.807) is 6.26 Å². The fourth-order valence-electron chi connectivity index (χ4n) is 2.58. The first kappa shape index (κ1) is 14.7. The molecule has 0 bridgehead atoms. The van der Waals surface area contributed by atoms with Gasteiger partial charge >= 0.3 is 0 Å². The summed E-state index contributed by atoms with van der Waals surface area (Å²) < 4.78 is 5.34. The highest BCUT2D eigenvalue weighted by Crippen LogP contribution is 2.29. The lowest BCUT2D eigenvalue weighted by Gasteiger charge is -2.10. The summed E-state index contributed by atoms with van der Waals surface area (Å²) in [6.45, 7) is 0.528. The Hall–Kier alpha value is -2.85. The number of nitrogens with one attached hydrogen (secondary N) is 1. The quantitative estimate of drug-likeness (QED) is 0.560.